The van der Waals surface area contributed by atoms with E-state index >= 15 is 0 Å². The van der Waals surface area contributed by atoms with Crippen molar-refractivity contribution in [2.75, 3.05) is 50.6 Å². The van der Waals surface area contributed by atoms with Crippen molar-refractivity contribution in [2.24, 2.45) is 0 Å². The topological polar surface area (TPSA) is 66.9 Å². The largest absolute Gasteiger partial charge is 0.497 e. The summed E-state index contributed by atoms with van der Waals surface area (Å²) in [6.07, 6.45) is 0. The third-order valence-corrected chi connectivity index (χ3v) is 6.11. The van der Waals surface area contributed by atoms with Crippen molar-refractivity contribution in [3.63, 3.8) is 0 Å². The summed E-state index contributed by atoms with van der Waals surface area (Å²) >= 11 is 7.48. The Morgan fingerprint density at radius 3 is 2.61 bits per heavy atom. The third-order valence-electron chi connectivity index (χ3n) is 5.11. The molecule has 0 aliphatic carbocycles. The van der Waals surface area contributed by atoms with Crippen LogP contribution in [-0.2, 0) is 0 Å². The van der Waals surface area contributed by atoms with Crippen molar-refractivity contribution in [1.82, 2.24) is 9.88 Å². The molecule has 0 spiro atoms. The molecule has 0 unspecified atom stereocenters. The van der Waals surface area contributed by atoms with Gasteiger partial charge >= 0.3 is 0 Å². The second kappa shape index (κ2) is 9.45. The van der Waals surface area contributed by atoms with Gasteiger partial charge in [0.25, 0.3) is 5.91 Å². The molecule has 1 N–H and O–H groups in total. The normalized spacial score (nSPS) is 13.8. The zero-order chi connectivity index (χ0) is 21.8. The van der Waals surface area contributed by atoms with E-state index in [4.69, 9.17) is 21.1 Å². The third kappa shape index (κ3) is 4.86. The lowest BCUT2D eigenvalue weighted by Crippen LogP contribution is -2.48. The quantitative estimate of drug-likeness (QED) is 0.585. The number of anilines is 3. The van der Waals surface area contributed by atoms with E-state index in [1.807, 2.05) is 41.3 Å². The van der Waals surface area contributed by atoms with Crippen LogP contribution in [0, 0.1) is 0 Å². The molecule has 1 fully saturated rings. The highest BCUT2D eigenvalue weighted by atomic mass is 35.5. The Kier molecular flexibility index (Phi) is 6.48. The monoisotopic (exact) mass is 458 g/mol. The molecule has 1 aromatic heterocycles. The minimum Gasteiger partial charge on any atom is -0.497 e. The maximum absolute atomic E-state index is 12.9. The number of nitrogens with zero attached hydrogens (tertiary/aromatic N) is 3. The van der Waals surface area contributed by atoms with Gasteiger partial charge in [-0.05, 0) is 30.3 Å². The lowest BCUT2D eigenvalue weighted by molar-refractivity contribution is 0.0742. The SMILES string of the molecule is COc1ccc(Nc2nc(C(=O)N3CCN(c4cccc(Cl)c4)CC3)cs2)c(OC)c1. The number of halogens is 1. The Morgan fingerprint density at radius 1 is 1.10 bits per heavy atom. The molecular weight excluding hydrogens is 436 g/mol. The molecule has 0 saturated carbocycles. The van der Waals surface area contributed by atoms with E-state index in [-0.39, 0.29) is 5.91 Å². The predicted octanol–water partition coefficient (Wildman–Crippen LogP) is 4.52. The van der Waals surface area contributed by atoms with Crippen molar-refractivity contribution in [2.45, 2.75) is 0 Å². The first-order valence-electron chi connectivity index (χ1n) is 9.82. The lowest BCUT2D eigenvalue weighted by Gasteiger charge is -2.35. The molecule has 1 aliphatic rings. The van der Waals surface area contributed by atoms with Gasteiger partial charge in [0, 0.05) is 48.3 Å². The van der Waals surface area contributed by atoms with Crippen LogP contribution in [0.5, 0.6) is 11.5 Å². The number of thiazole rings is 1. The highest BCUT2D eigenvalue weighted by Gasteiger charge is 2.24. The van der Waals surface area contributed by atoms with Crippen LogP contribution in [0.2, 0.25) is 5.02 Å². The molecule has 0 atom stereocenters. The molecule has 7 nitrogen and oxygen atoms in total. The van der Waals surface area contributed by atoms with Crippen LogP contribution in [0.4, 0.5) is 16.5 Å². The summed E-state index contributed by atoms with van der Waals surface area (Å²) in [6.45, 7) is 2.78. The second-order valence-corrected chi connectivity index (χ2v) is 8.28. The fourth-order valence-electron chi connectivity index (χ4n) is 3.45. The number of benzene rings is 2. The Labute approximate surface area is 190 Å². The minimum absolute atomic E-state index is 0.0586. The molecule has 2 aromatic carbocycles. The van der Waals surface area contributed by atoms with Crippen molar-refractivity contribution in [3.05, 3.63) is 58.6 Å². The number of methoxy groups -OCH3 is 2. The Morgan fingerprint density at radius 2 is 1.90 bits per heavy atom. The number of ether oxygens (including phenoxy) is 2. The number of aromatic nitrogens is 1. The molecule has 4 rings (SSSR count). The molecule has 1 amide bonds. The van der Waals surface area contributed by atoms with Crippen LogP contribution in [0.3, 0.4) is 0 Å². The number of nitrogens with one attached hydrogen (secondary N) is 1. The summed E-state index contributed by atoms with van der Waals surface area (Å²) in [4.78, 5) is 21.5. The van der Waals surface area contributed by atoms with Gasteiger partial charge in [0.2, 0.25) is 0 Å². The maximum Gasteiger partial charge on any atom is 0.273 e. The molecule has 0 bridgehead atoms. The fourth-order valence-corrected chi connectivity index (χ4v) is 4.33. The maximum atomic E-state index is 12.9. The molecule has 162 valence electrons. The zero-order valence-corrected chi connectivity index (χ0v) is 18.9. The van der Waals surface area contributed by atoms with Crippen LogP contribution in [0.15, 0.2) is 47.8 Å². The van der Waals surface area contributed by atoms with Crippen LogP contribution in [0.1, 0.15) is 10.5 Å². The number of carbonyl (C=O) groups is 1. The molecule has 1 saturated heterocycles. The first-order chi connectivity index (χ1) is 15.1. The summed E-state index contributed by atoms with van der Waals surface area (Å²) in [7, 11) is 3.20. The van der Waals surface area contributed by atoms with Crippen LogP contribution < -0.4 is 19.7 Å². The number of amides is 1. The average Bonchev–Trinajstić information content (AvgIpc) is 3.27. The molecule has 0 radical (unpaired) electrons. The predicted molar refractivity (Wildman–Crippen MR) is 125 cm³/mol. The van der Waals surface area contributed by atoms with Gasteiger partial charge in [-0.2, -0.15) is 0 Å². The van der Waals surface area contributed by atoms with E-state index in [1.54, 1.807) is 25.7 Å². The van der Waals surface area contributed by atoms with E-state index in [2.05, 4.69) is 15.2 Å². The van der Waals surface area contributed by atoms with Gasteiger partial charge in [0.1, 0.15) is 17.2 Å². The Balaban J connectivity index is 1.39. The Hall–Kier alpha value is -2.97. The number of carbonyl (C=O) groups excluding carboxylic acids is 1. The molecule has 31 heavy (non-hydrogen) atoms. The summed E-state index contributed by atoms with van der Waals surface area (Å²) < 4.78 is 10.6. The standard InChI is InChI=1S/C22H23ClN4O3S/c1-29-17-6-7-18(20(13-17)30-2)24-22-25-19(14-31-22)21(28)27-10-8-26(9-11-27)16-5-3-4-15(23)12-16/h3-7,12-14H,8-11H2,1-2H3,(H,24,25). The van der Waals surface area contributed by atoms with Crippen molar-refractivity contribution in [1.29, 1.82) is 0 Å². The van der Waals surface area contributed by atoms with Gasteiger partial charge in [0.15, 0.2) is 5.13 Å². The van der Waals surface area contributed by atoms with Gasteiger partial charge in [0.05, 0.1) is 19.9 Å². The van der Waals surface area contributed by atoms with E-state index in [0.717, 1.165) is 24.5 Å². The zero-order valence-electron chi connectivity index (χ0n) is 17.3. The van der Waals surface area contributed by atoms with E-state index in [9.17, 15) is 4.79 Å². The highest BCUT2D eigenvalue weighted by Crippen LogP contribution is 2.32. The summed E-state index contributed by atoms with van der Waals surface area (Å²) in [5.74, 6) is 1.28. The van der Waals surface area contributed by atoms with Crippen molar-refractivity contribution < 1.29 is 14.3 Å². The molecule has 9 heteroatoms. The summed E-state index contributed by atoms with van der Waals surface area (Å²) in [5, 5.41) is 6.35. The number of piperazine rings is 1. The Bertz CT molecular complexity index is 1070. The number of hydrogen-bond donors (Lipinski definition) is 1. The van der Waals surface area contributed by atoms with Gasteiger partial charge < -0.3 is 24.6 Å². The first-order valence-corrected chi connectivity index (χ1v) is 11.1. The van der Waals surface area contributed by atoms with Crippen LogP contribution in [0.25, 0.3) is 0 Å². The fraction of sp³-hybridized carbons (Fsp3) is 0.273. The number of hydrogen-bond acceptors (Lipinski definition) is 7. The van der Waals surface area contributed by atoms with Gasteiger partial charge in [-0.15, -0.1) is 11.3 Å². The summed E-state index contributed by atoms with van der Waals surface area (Å²) in [6, 6.07) is 13.3. The minimum atomic E-state index is -0.0586. The first kappa shape index (κ1) is 21.3. The second-order valence-electron chi connectivity index (χ2n) is 6.99. The smallest absolute Gasteiger partial charge is 0.273 e. The van der Waals surface area contributed by atoms with E-state index < -0.39 is 0 Å². The molecular formula is C22H23ClN4O3S. The van der Waals surface area contributed by atoms with Crippen molar-refractivity contribution in [3.8, 4) is 11.5 Å². The average molecular weight is 459 g/mol. The van der Waals surface area contributed by atoms with Gasteiger partial charge in [-0.3, -0.25) is 4.79 Å². The highest BCUT2D eigenvalue weighted by molar-refractivity contribution is 7.14. The molecule has 3 aromatic rings. The van der Waals surface area contributed by atoms with Crippen LogP contribution >= 0.6 is 22.9 Å². The van der Waals surface area contributed by atoms with Crippen molar-refractivity contribution >= 4 is 45.4 Å². The van der Waals surface area contributed by atoms with Gasteiger partial charge in [-0.25, -0.2) is 4.98 Å². The molecule has 1 aliphatic heterocycles. The lowest BCUT2D eigenvalue weighted by atomic mass is 10.2. The van der Waals surface area contributed by atoms with E-state index in [0.29, 0.717) is 40.4 Å². The van der Waals surface area contributed by atoms with Crippen LogP contribution in [-0.4, -0.2) is 56.2 Å². The summed E-state index contributed by atoms with van der Waals surface area (Å²) in [5.41, 5.74) is 2.27. The number of rotatable bonds is 6. The van der Waals surface area contributed by atoms with E-state index in [1.165, 1.54) is 11.3 Å². The van der Waals surface area contributed by atoms with Gasteiger partial charge in [-0.1, -0.05) is 17.7 Å². The molecule has 2 heterocycles.